The average Bonchev–Trinajstić information content (AvgIpc) is 2.79. The van der Waals surface area contributed by atoms with Crippen LogP contribution in [-0.2, 0) is 4.79 Å². The monoisotopic (exact) mass is 316 g/mol. The summed E-state index contributed by atoms with van der Waals surface area (Å²) in [7, 11) is 0. The molecule has 0 saturated carbocycles. The van der Waals surface area contributed by atoms with Crippen molar-refractivity contribution in [2.24, 2.45) is 0 Å². The van der Waals surface area contributed by atoms with E-state index >= 15 is 0 Å². The first-order chi connectivity index (χ1) is 10.4. The summed E-state index contributed by atoms with van der Waals surface area (Å²) in [6, 6.07) is 4.52. The molecule has 2 heterocycles. The molecule has 2 aliphatic rings. The van der Waals surface area contributed by atoms with E-state index in [2.05, 4.69) is 5.32 Å². The van der Waals surface area contributed by atoms with Gasteiger partial charge in [-0.3, -0.25) is 4.79 Å². The summed E-state index contributed by atoms with van der Waals surface area (Å²) in [6.07, 6.45) is -4.06. The van der Waals surface area contributed by atoms with E-state index in [1.165, 1.54) is 0 Å². The predicted octanol–water partition coefficient (Wildman–Crippen LogP) is 2.03. The van der Waals surface area contributed by atoms with Crippen molar-refractivity contribution >= 4 is 11.6 Å². The molecule has 22 heavy (non-hydrogen) atoms. The summed E-state index contributed by atoms with van der Waals surface area (Å²) >= 11 is 0. The highest BCUT2D eigenvalue weighted by Gasteiger charge is 2.39. The molecule has 1 atom stereocenters. The van der Waals surface area contributed by atoms with Crippen molar-refractivity contribution in [3.05, 3.63) is 18.2 Å². The predicted molar refractivity (Wildman–Crippen MR) is 72.1 cm³/mol. The summed E-state index contributed by atoms with van der Waals surface area (Å²) in [4.78, 5) is 12.9. The van der Waals surface area contributed by atoms with Crippen molar-refractivity contribution in [2.45, 2.75) is 18.6 Å². The first-order valence-corrected chi connectivity index (χ1v) is 6.95. The minimum Gasteiger partial charge on any atom is -0.486 e. The Morgan fingerprint density at radius 3 is 2.82 bits per heavy atom. The molecule has 1 unspecified atom stereocenters. The fourth-order valence-electron chi connectivity index (χ4n) is 2.62. The van der Waals surface area contributed by atoms with Gasteiger partial charge in [0.05, 0.1) is 5.69 Å². The summed E-state index contributed by atoms with van der Waals surface area (Å²) < 4.78 is 48.2. The van der Waals surface area contributed by atoms with Crippen LogP contribution in [0, 0.1) is 0 Å². The Morgan fingerprint density at radius 1 is 1.27 bits per heavy atom. The fourth-order valence-corrected chi connectivity index (χ4v) is 2.62. The number of likely N-dealkylation sites (tertiary alicyclic amines) is 1. The molecule has 8 heteroatoms. The third-order valence-corrected chi connectivity index (χ3v) is 3.56. The van der Waals surface area contributed by atoms with Crippen molar-refractivity contribution in [1.82, 2.24) is 4.90 Å². The number of amides is 1. The van der Waals surface area contributed by atoms with Crippen molar-refractivity contribution in [3.63, 3.8) is 0 Å². The Morgan fingerprint density at radius 2 is 2.05 bits per heavy atom. The van der Waals surface area contributed by atoms with Crippen molar-refractivity contribution in [3.8, 4) is 11.5 Å². The minimum absolute atomic E-state index is 0.0857. The van der Waals surface area contributed by atoms with E-state index < -0.39 is 24.7 Å². The lowest BCUT2D eigenvalue weighted by molar-refractivity contribution is -0.157. The second kappa shape index (κ2) is 5.58. The molecular formula is C14H15F3N2O3. The molecule has 120 valence electrons. The first kappa shape index (κ1) is 14.8. The van der Waals surface area contributed by atoms with Crippen molar-refractivity contribution < 1.29 is 27.4 Å². The van der Waals surface area contributed by atoms with E-state index in [9.17, 15) is 18.0 Å². The van der Waals surface area contributed by atoms with Gasteiger partial charge in [0, 0.05) is 6.54 Å². The molecule has 1 aromatic rings. The Hall–Kier alpha value is -2.12. The number of fused-ring (bicyclic) bond motifs is 1. The number of para-hydroxylation sites is 1. The smallest absolute Gasteiger partial charge is 0.406 e. The standard InChI is InChI=1S/C14H15F3N2O3/c15-14(16,17)8-19-5-4-10(13(19)20)18-9-2-1-3-11-12(9)22-7-6-21-11/h1-3,10,18H,4-8H2. The molecule has 3 rings (SSSR count). The van der Waals surface area contributed by atoms with Crippen LogP contribution in [0.4, 0.5) is 18.9 Å². The van der Waals surface area contributed by atoms with Crippen LogP contribution in [0.1, 0.15) is 6.42 Å². The lowest BCUT2D eigenvalue weighted by Crippen LogP contribution is -2.39. The maximum Gasteiger partial charge on any atom is 0.406 e. The van der Waals surface area contributed by atoms with Crippen LogP contribution in [0.15, 0.2) is 18.2 Å². The van der Waals surface area contributed by atoms with Crippen LogP contribution in [0.5, 0.6) is 11.5 Å². The number of hydrogen-bond donors (Lipinski definition) is 1. The van der Waals surface area contributed by atoms with Crippen LogP contribution in [0.25, 0.3) is 0 Å². The highest BCUT2D eigenvalue weighted by Crippen LogP contribution is 2.38. The second-order valence-corrected chi connectivity index (χ2v) is 5.19. The Bertz CT molecular complexity index is 577. The van der Waals surface area contributed by atoms with E-state index in [1.807, 2.05) is 0 Å². The van der Waals surface area contributed by atoms with Crippen LogP contribution in [-0.4, -0.2) is 49.3 Å². The molecule has 2 aliphatic heterocycles. The quantitative estimate of drug-likeness (QED) is 0.927. The summed E-state index contributed by atoms with van der Waals surface area (Å²) in [6.45, 7) is -0.290. The summed E-state index contributed by atoms with van der Waals surface area (Å²) in [5.41, 5.74) is 0.560. The Balaban J connectivity index is 1.71. The van der Waals surface area contributed by atoms with E-state index in [0.717, 1.165) is 4.90 Å². The van der Waals surface area contributed by atoms with Gasteiger partial charge in [-0.1, -0.05) is 6.07 Å². The summed E-state index contributed by atoms with van der Waals surface area (Å²) in [5.74, 6) is 0.510. The number of carbonyl (C=O) groups excluding carboxylic acids is 1. The topological polar surface area (TPSA) is 50.8 Å². The molecule has 1 fully saturated rings. The highest BCUT2D eigenvalue weighted by molar-refractivity contribution is 5.87. The molecule has 0 bridgehead atoms. The third kappa shape index (κ3) is 3.05. The number of carbonyl (C=O) groups is 1. The third-order valence-electron chi connectivity index (χ3n) is 3.56. The summed E-state index contributed by atoms with van der Waals surface area (Å²) in [5, 5.41) is 2.97. The maximum absolute atomic E-state index is 12.4. The number of anilines is 1. The van der Waals surface area contributed by atoms with Gasteiger partial charge in [0.1, 0.15) is 25.8 Å². The van der Waals surface area contributed by atoms with Gasteiger partial charge in [-0.15, -0.1) is 0 Å². The first-order valence-electron chi connectivity index (χ1n) is 6.95. The second-order valence-electron chi connectivity index (χ2n) is 5.19. The fraction of sp³-hybridized carbons (Fsp3) is 0.500. The molecule has 1 aromatic carbocycles. The number of ether oxygens (including phenoxy) is 2. The zero-order valence-electron chi connectivity index (χ0n) is 11.7. The van der Waals surface area contributed by atoms with Gasteiger partial charge in [0.15, 0.2) is 11.5 Å². The van der Waals surface area contributed by atoms with E-state index in [0.29, 0.717) is 36.8 Å². The number of nitrogens with one attached hydrogen (secondary N) is 1. The van der Waals surface area contributed by atoms with Crippen molar-refractivity contribution in [2.75, 3.05) is 31.6 Å². The Labute approximate surface area is 125 Å². The molecule has 1 amide bonds. The molecule has 0 aliphatic carbocycles. The molecule has 0 aromatic heterocycles. The highest BCUT2D eigenvalue weighted by atomic mass is 19.4. The SMILES string of the molecule is O=C1C(Nc2cccc3c2OCCO3)CCN1CC(F)(F)F. The maximum atomic E-state index is 12.4. The molecular weight excluding hydrogens is 301 g/mol. The zero-order chi connectivity index (χ0) is 15.7. The van der Waals surface area contributed by atoms with Gasteiger partial charge >= 0.3 is 6.18 Å². The number of benzene rings is 1. The van der Waals surface area contributed by atoms with Gasteiger partial charge < -0.3 is 19.7 Å². The van der Waals surface area contributed by atoms with Gasteiger partial charge in [-0.2, -0.15) is 13.2 Å². The minimum atomic E-state index is -4.38. The van der Waals surface area contributed by atoms with Gasteiger partial charge in [0.25, 0.3) is 0 Å². The van der Waals surface area contributed by atoms with Gasteiger partial charge in [-0.05, 0) is 18.6 Å². The van der Waals surface area contributed by atoms with Crippen molar-refractivity contribution in [1.29, 1.82) is 0 Å². The molecule has 1 N–H and O–H groups in total. The molecule has 0 spiro atoms. The average molecular weight is 316 g/mol. The van der Waals surface area contributed by atoms with E-state index in [-0.39, 0.29) is 6.54 Å². The lowest BCUT2D eigenvalue weighted by Gasteiger charge is -2.23. The van der Waals surface area contributed by atoms with Gasteiger partial charge in [0.2, 0.25) is 5.91 Å². The molecule has 5 nitrogen and oxygen atoms in total. The van der Waals surface area contributed by atoms with E-state index in [1.54, 1.807) is 18.2 Å². The van der Waals surface area contributed by atoms with Crippen LogP contribution < -0.4 is 14.8 Å². The number of hydrogen-bond acceptors (Lipinski definition) is 4. The molecule has 1 saturated heterocycles. The van der Waals surface area contributed by atoms with Crippen LogP contribution in [0.3, 0.4) is 0 Å². The van der Waals surface area contributed by atoms with E-state index in [4.69, 9.17) is 9.47 Å². The lowest BCUT2D eigenvalue weighted by atomic mass is 10.2. The number of alkyl halides is 3. The van der Waals surface area contributed by atoms with Crippen LogP contribution >= 0.6 is 0 Å². The molecule has 0 radical (unpaired) electrons. The van der Waals surface area contributed by atoms with Crippen LogP contribution in [0.2, 0.25) is 0 Å². The number of halogens is 3. The number of rotatable bonds is 3. The number of nitrogens with zero attached hydrogens (tertiary/aromatic N) is 1. The largest absolute Gasteiger partial charge is 0.486 e. The normalized spacial score (nSPS) is 21.1. The Kier molecular flexibility index (Phi) is 3.76. The van der Waals surface area contributed by atoms with Gasteiger partial charge in [-0.25, -0.2) is 0 Å². The zero-order valence-corrected chi connectivity index (χ0v) is 11.7.